The number of benzene rings is 1. The Morgan fingerprint density at radius 3 is 2.80 bits per heavy atom. The number of anilines is 1. The van der Waals surface area contributed by atoms with Crippen LogP contribution < -0.4 is 5.32 Å². The number of nitrogens with zero attached hydrogens (tertiary/aromatic N) is 2. The van der Waals surface area contributed by atoms with Gasteiger partial charge in [0.1, 0.15) is 5.69 Å². The summed E-state index contributed by atoms with van der Waals surface area (Å²) in [6, 6.07) is 3.97. The molecule has 0 bridgehead atoms. The highest BCUT2D eigenvalue weighted by atomic mass is 19.2. The normalized spacial score (nSPS) is 10.3. The van der Waals surface area contributed by atoms with Crippen molar-refractivity contribution in [2.75, 3.05) is 12.4 Å². The van der Waals surface area contributed by atoms with E-state index in [9.17, 15) is 8.78 Å². The molecule has 1 aromatic heterocycles. The van der Waals surface area contributed by atoms with Gasteiger partial charge < -0.3 is 5.32 Å². The Morgan fingerprint density at radius 1 is 1.33 bits per heavy atom. The molecule has 0 unspecified atom stereocenters. The lowest BCUT2D eigenvalue weighted by molar-refractivity contribution is 0.501. The minimum Gasteiger partial charge on any atom is -0.386 e. The van der Waals surface area contributed by atoms with Gasteiger partial charge in [0.25, 0.3) is 0 Å². The van der Waals surface area contributed by atoms with E-state index in [0.717, 1.165) is 11.8 Å². The van der Waals surface area contributed by atoms with Crippen molar-refractivity contribution in [1.82, 2.24) is 9.78 Å². The molecule has 0 saturated heterocycles. The Hall–Kier alpha value is -1.91. The van der Waals surface area contributed by atoms with Crippen LogP contribution >= 0.6 is 0 Å². The molecule has 0 aliphatic carbocycles. The molecule has 0 aliphatic heterocycles. The molecule has 0 fully saturated rings. The molecule has 2 rings (SSSR count). The predicted octanol–water partition coefficient (Wildman–Crippen LogP) is 2.19. The molecule has 15 heavy (non-hydrogen) atoms. The molecule has 1 N–H and O–H groups in total. The van der Waals surface area contributed by atoms with Gasteiger partial charge in [0.05, 0.1) is 18.1 Å². The highest BCUT2D eigenvalue weighted by molar-refractivity contribution is 5.42. The number of nitrogens with one attached hydrogen (secondary N) is 1. The average Bonchev–Trinajstić information content (AvgIpc) is 2.70. The summed E-state index contributed by atoms with van der Waals surface area (Å²) in [6.07, 6.45) is 3.11. The van der Waals surface area contributed by atoms with Crippen molar-refractivity contribution in [3.63, 3.8) is 0 Å². The van der Waals surface area contributed by atoms with Crippen molar-refractivity contribution in [2.24, 2.45) is 0 Å². The summed E-state index contributed by atoms with van der Waals surface area (Å²) in [6.45, 7) is 0. The second kappa shape index (κ2) is 3.68. The van der Waals surface area contributed by atoms with Gasteiger partial charge in [0.15, 0.2) is 11.6 Å². The van der Waals surface area contributed by atoms with E-state index in [2.05, 4.69) is 10.4 Å². The van der Waals surface area contributed by atoms with Crippen molar-refractivity contribution in [1.29, 1.82) is 0 Å². The van der Waals surface area contributed by atoms with Crippen molar-refractivity contribution in [3.8, 4) is 5.69 Å². The van der Waals surface area contributed by atoms with Gasteiger partial charge in [-0.3, -0.25) is 0 Å². The summed E-state index contributed by atoms with van der Waals surface area (Å²) in [5.74, 6) is -1.78. The fourth-order valence-electron chi connectivity index (χ4n) is 1.25. The average molecular weight is 209 g/mol. The summed E-state index contributed by atoms with van der Waals surface area (Å²) < 4.78 is 27.5. The molecule has 0 spiro atoms. The zero-order valence-electron chi connectivity index (χ0n) is 8.04. The Kier molecular flexibility index (Phi) is 2.37. The second-order valence-corrected chi connectivity index (χ2v) is 3.00. The van der Waals surface area contributed by atoms with E-state index in [1.54, 1.807) is 13.2 Å². The van der Waals surface area contributed by atoms with Crippen LogP contribution in [0.4, 0.5) is 14.5 Å². The van der Waals surface area contributed by atoms with Crippen LogP contribution in [0, 0.1) is 11.6 Å². The van der Waals surface area contributed by atoms with E-state index in [4.69, 9.17) is 0 Å². The van der Waals surface area contributed by atoms with Crippen LogP contribution in [0.15, 0.2) is 30.6 Å². The molecule has 1 aromatic carbocycles. The zero-order valence-corrected chi connectivity index (χ0v) is 8.04. The SMILES string of the molecule is CNc1cnn(-c2cccc(F)c2F)c1. The minimum absolute atomic E-state index is 0.0940. The summed E-state index contributed by atoms with van der Waals surface area (Å²) in [4.78, 5) is 0. The molecular formula is C10H9F2N3. The molecule has 5 heteroatoms. The number of rotatable bonds is 2. The van der Waals surface area contributed by atoms with Crippen molar-refractivity contribution >= 4 is 5.69 Å². The molecule has 2 aromatic rings. The molecular weight excluding hydrogens is 200 g/mol. The first-order valence-corrected chi connectivity index (χ1v) is 4.39. The van der Waals surface area contributed by atoms with Crippen LogP contribution in [-0.4, -0.2) is 16.8 Å². The molecule has 3 nitrogen and oxygen atoms in total. The van der Waals surface area contributed by atoms with E-state index >= 15 is 0 Å². The van der Waals surface area contributed by atoms with Crippen LogP contribution in [-0.2, 0) is 0 Å². The summed E-state index contributed by atoms with van der Waals surface area (Å²) in [7, 11) is 1.73. The predicted molar refractivity (Wildman–Crippen MR) is 53.0 cm³/mol. The Balaban J connectivity index is 2.49. The summed E-state index contributed by atoms with van der Waals surface area (Å²) in [5, 5.41) is 6.76. The molecule has 0 amide bonds. The van der Waals surface area contributed by atoms with Gasteiger partial charge in [0, 0.05) is 7.05 Å². The third kappa shape index (κ3) is 1.68. The second-order valence-electron chi connectivity index (χ2n) is 3.00. The van der Waals surface area contributed by atoms with Gasteiger partial charge in [-0.25, -0.2) is 13.5 Å². The minimum atomic E-state index is -0.900. The largest absolute Gasteiger partial charge is 0.386 e. The molecule has 0 aliphatic rings. The molecule has 0 atom stereocenters. The number of hydrogen-bond donors (Lipinski definition) is 1. The van der Waals surface area contributed by atoms with Gasteiger partial charge in [-0.1, -0.05) is 6.07 Å². The van der Waals surface area contributed by atoms with Gasteiger partial charge in [-0.2, -0.15) is 5.10 Å². The van der Waals surface area contributed by atoms with Gasteiger partial charge in [-0.15, -0.1) is 0 Å². The number of hydrogen-bond acceptors (Lipinski definition) is 2. The number of halogens is 2. The lowest BCUT2D eigenvalue weighted by Gasteiger charge is -2.02. The third-order valence-electron chi connectivity index (χ3n) is 2.05. The Labute approximate surface area is 85.3 Å². The van der Waals surface area contributed by atoms with Crippen molar-refractivity contribution in [2.45, 2.75) is 0 Å². The highest BCUT2D eigenvalue weighted by Crippen LogP contribution is 2.16. The lowest BCUT2D eigenvalue weighted by Crippen LogP contribution is -1.99. The molecule has 0 radical (unpaired) electrons. The van der Waals surface area contributed by atoms with Crippen LogP contribution in [0.2, 0.25) is 0 Å². The van der Waals surface area contributed by atoms with E-state index < -0.39 is 11.6 Å². The van der Waals surface area contributed by atoms with Crippen LogP contribution in [0.1, 0.15) is 0 Å². The fraction of sp³-hybridized carbons (Fsp3) is 0.100. The molecule has 78 valence electrons. The highest BCUT2D eigenvalue weighted by Gasteiger charge is 2.09. The number of aromatic nitrogens is 2. The summed E-state index contributed by atoms with van der Waals surface area (Å²) >= 11 is 0. The van der Waals surface area contributed by atoms with Gasteiger partial charge in [0.2, 0.25) is 0 Å². The van der Waals surface area contributed by atoms with Gasteiger partial charge >= 0.3 is 0 Å². The maximum absolute atomic E-state index is 13.3. The zero-order chi connectivity index (χ0) is 10.8. The lowest BCUT2D eigenvalue weighted by atomic mass is 10.3. The first kappa shape index (κ1) is 9.64. The maximum atomic E-state index is 13.3. The smallest absolute Gasteiger partial charge is 0.184 e. The van der Waals surface area contributed by atoms with E-state index in [-0.39, 0.29) is 5.69 Å². The Bertz CT molecular complexity index is 479. The standard InChI is InChI=1S/C10H9F2N3/c1-13-7-5-14-15(6-7)9-4-2-3-8(11)10(9)12/h2-6,13H,1H3. The van der Waals surface area contributed by atoms with E-state index in [1.165, 1.54) is 23.0 Å². The van der Waals surface area contributed by atoms with E-state index in [0.29, 0.717) is 0 Å². The van der Waals surface area contributed by atoms with Crippen molar-refractivity contribution in [3.05, 3.63) is 42.2 Å². The summed E-state index contributed by atoms with van der Waals surface area (Å²) in [5.41, 5.74) is 0.829. The van der Waals surface area contributed by atoms with Gasteiger partial charge in [-0.05, 0) is 12.1 Å². The first-order chi connectivity index (χ1) is 7.22. The molecule has 1 heterocycles. The van der Waals surface area contributed by atoms with Crippen LogP contribution in [0.25, 0.3) is 5.69 Å². The first-order valence-electron chi connectivity index (χ1n) is 4.39. The topological polar surface area (TPSA) is 29.9 Å². The van der Waals surface area contributed by atoms with Crippen LogP contribution in [0.5, 0.6) is 0 Å². The fourth-order valence-corrected chi connectivity index (χ4v) is 1.25. The maximum Gasteiger partial charge on any atom is 0.184 e. The van der Waals surface area contributed by atoms with Crippen molar-refractivity contribution < 1.29 is 8.78 Å². The van der Waals surface area contributed by atoms with Crippen LogP contribution in [0.3, 0.4) is 0 Å². The monoisotopic (exact) mass is 209 g/mol. The molecule has 0 saturated carbocycles. The van der Waals surface area contributed by atoms with E-state index in [1.807, 2.05) is 0 Å². The third-order valence-corrected chi connectivity index (χ3v) is 2.05. The quantitative estimate of drug-likeness (QED) is 0.821. The Morgan fingerprint density at radius 2 is 2.13 bits per heavy atom.